The second kappa shape index (κ2) is 11.5. The maximum atomic E-state index is 14.5. The van der Waals surface area contributed by atoms with Crippen LogP contribution in [0.4, 0.5) is 38.6 Å². The Morgan fingerprint density at radius 3 is 1.77 bits per heavy atom. The molecule has 0 aliphatic heterocycles. The molecule has 1 aromatic heterocycles. The number of rotatable bonds is 6. The van der Waals surface area contributed by atoms with E-state index >= 15 is 0 Å². The normalized spacial score (nSPS) is 13.1. The lowest BCUT2D eigenvalue weighted by molar-refractivity contribution is 0.628. The SMILES string of the molecule is CC1(C)c2ccccc2-c2c(N(c3ccc(F)cc3)c3ccc4ccc5c(N(c6ccccc6)c6ccccn6)ccc6ccc3c4c65)cccc21. The first kappa shape index (κ1) is 30.3. The van der Waals surface area contributed by atoms with Crippen LogP contribution in [0.15, 0.2) is 170 Å². The number of pyridine rings is 1. The summed E-state index contributed by atoms with van der Waals surface area (Å²) in [6, 6.07) is 56.6. The van der Waals surface area contributed by atoms with Crippen molar-refractivity contribution in [2.45, 2.75) is 19.3 Å². The number of aromatic nitrogens is 1. The predicted molar refractivity (Wildman–Crippen MR) is 215 cm³/mol. The molecule has 4 heteroatoms. The van der Waals surface area contributed by atoms with Crippen molar-refractivity contribution >= 4 is 66.6 Å². The van der Waals surface area contributed by atoms with Crippen molar-refractivity contribution in [1.82, 2.24) is 4.98 Å². The first-order valence-corrected chi connectivity index (χ1v) is 17.7. The third-order valence-corrected chi connectivity index (χ3v) is 10.9. The maximum absolute atomic E-state index is 14.5. The van der Waals surface area contributed by atoms with E-state index in [1.165, 1.54) is 43.8 Å². The highest BCUT2D eigenvalue weighted by Gasteiger charge is 2.38. The van der Waals surface area contributed by atoms with Gasteiger partial charge >= 0.3 is 0 Å². The van der Waals surface area contributed by atoms with Gasteiger partial charge in [-0.05, 0) is 105 Å². The molecule has 1 aliphatic carbocycles. The molecule has 0 N–H and O–H groups in total. The Bertz CT molecular complexity index is 2730. The quantitative estimate of drug-likeness (QED) is 0.164. The van der Waals surface area contributed by atoms with Crippen LogP contribution in [0.25, 0.3) is 43.4 Å². The standard InChI is InChI=1S/C48H34FN3/c1-48(2)39-14-7-6-13-36(39)47-40(48)15-10-16-43(47)51(35-24-22-33(49)23-25-35)41-28-20-31-19-27-38-42(29-21-32-18-26-37(41)45(31)46(32)38)52(34-11-4-3-5-12-34)44-17-8-9-30-50-44/h3-30H,1-2H3. The molecule has 10 rings (SSSR count). The predicted octanol–water partition coefficient (Wildman–Crippen LogP) is 13.4. The summed E-state index contributed by atoms with van der Waals surface area (Å²) in [7, 11) is 0. The molecule has 1 aliphatic rings. The minimum absolute atomic E-state index is 0.159. The second-order valence-corrected chi connectivity index (χ2v) is 14.1. The molecule has 0 spiro atoms. The van der Waals surface area contributed by atoms with E-state index in [4.69, 9.17) is 4.98 Å². The average Bonchev–Trinajstić information content (AvgIpc) is 3.43. The van der Waals surface area contributed by atoms with Gasteiger partial charge in [0.25, 0.3) is 0 Å². The number of benzene rings is 8. The monoisotopic (exact) mass is 671 g/mol. The van der Waals surface area contributed by atoms with Gasteiger partial charge in [0.05, 0.1) is 17.1 Å². The second-order valence-electron chi connectivity index (χ2n) is 14.1. The zero-order chi connectivity index (χ0) is 35.0. The molecule has 1 heterocycles. The van der Waals surface area contributed by atoms with Crippen molar-refractivity contribution in [3.8, 4) is 11.1 Å². The molecule has 0 fully saturated rings. The van der Waals surface area contributed by atoms with Gasteiger partial charge in [-0.3, -0.25) is 4.90 Å². The van der Waals surface area contributed by atoms with Crippen LogP contribution in [-0.4, -0.2) is 4.98 Å². The largest absolute Gasteiger partial charge is 0.309 e. The van der Waals surface area contributed by atoms with E-state index in [1.54, 1.807) is 12.1 Å². The van der Waals surface area contributed by atoms with E-state index in [0.717, 1.165) is 45.0 Å². The molecule has 0 radical (unpaired) electrons. The van der Waals surface area contributed by atoms with Crippen LogP contribution in [0.1, 0.15) is 25.0 Å². The molecule has 0 atom stereocenters. The summed E-state index contributed by atoms with van der Waals surface area (Å²) in [4.78, 5) is 9.37. The zero-order valence-corrected chi connectivity index (χ0v) is 28.9. The first-order valence-electron chi connectivity index (χ1n) is 17.7. The average molecular weight is 672 g/mol. The lowest BCUT2D eigenvalue weighted by Gasteiger charge is -2.30. The van der Waals surface area contributed by atoms with Gasteiger partial charge < -0.3 is 4.90 Å². The van der Waals surface area contributed by atoms with Crippen LogP contribution in [0, 0.1) is 5.82 Å². The minimum Gasteiger partial charge on any atom is -0.309 e. The lowest BCUT2D eigenvalue weighted by atomic mass is 9.82. The Morgan fingerprint density at radius 2 is 1.08 bits per heavy atom. The molecule has 3 nitrogen and oxygen atoms in total. The summed E-state index contributed by atoms with van der Waals surface area (Å²) in [6.45, 7) is 4.61. The summed E-state index contributed by atoms with van der Waals surface area (Å²) in [6.07, 6.45) is 1.84. The van der Waals surface area contributed by atoms with Gasteiger partial charge in [-0.25, -0.2) is 9.37 Å². The van der Waals surface area contributed by atoms with E-state index in [1.807, 2.05) is 36.5 Å². The van der Waals surface area contributed by atoms with Gasteiger partial charge in [-0.2, -0.15) is 0 Å². The van der Waals surface area contributed by atoms with Crippen molar-refractivity contribution in [2.24, 2.45) is 0 Å². The molecule has 52 heavy (non-hydrogen) atoms. The number of para-hydroxylation sites is 1. The van der Waals surface area contributed by atoms with Gasteiger partial charge in [0.1, 0.15) is 11.6 Å². The highest BCUT2D eigenvalue weighted by atomic mass is 19.1. The molecule has 0 saturated heterocycles. The van der Waals surface area contributed by atoms with Crippen molar-refractivity contribution < 1.29 is 4.39 Å². The fourth-order valence-electron chi connectivity index (χ4n) is 8.54. The number of hydrogen-bond donors (Lipinski definition) is 0. The Morgan fingerprint density at radius 1 is 0.481 bits per heavy atom. The lowest BCUT2D eigenvalue weighted by Crippen LogP contribution is -2.16. The fraction of sp³-hybridized carbons (Fsp3) is 0.0625. The van der Waals surface area contributed by atoms with Gasteiger partial charge in [-0.15, -0.1) is 0 Å². The Hall–Kier alpha value is -6.52. The third-order valence-electron chi connectivity index (χ3n) is 10.9. The van der Waals surface area contributed by atoms with Crippen LogP contribution >= 0.6 is 0 Å². The topological polar surface area (TPSA) is 19.4 Å². The number of fused-ring (bicyclic) bond motifs is 3. The highest BCUT2D eigenvalue weighted by Crippen LogP contribution is 2.55. The Kier molecular flexibility index (Phi) is 6.71. The van der Waals surface area contributed by atoms with E-state index in [2.05, 4.69) is 145 Å². The van der Waals surface area contributed by atoms with Gasteiger partial charge in [-0.1, -0.05) is 111 Å². The van der Waals surface area contributed by atoms with E-state index < -0.39 is 0 Å². The first-order chi connectivity index (χ1) is 25.5. The van der Waals surface area contributed by atoms with Crippen molar-refractivity contribution in [1.29, 1.82) is 0 Å². The van der Waals surface area contributed by atoms with Gasteiger partial charge in [0, 0.05) is 39.3 Å². The Labute approximate surface area is 302 Å². The molecule has 0 saturated carbocycles. The summed E-state index contributed by atoms with van der Waals surface area (Å²) in [5.41, 5.74) is 10.0. The summed E-state index contributed by atoms with van der Waals surface area (Å²) < 4.78 is 14.5. The molecule has 0 unspecified atom stereocenters. The molecule has 9 aromatic rings. The van der Waals surface area contributed by atoms with Crippen LogP contribution in [0.5, 0.6) is 0 Å². The van der Waals surface area contributed by atoms with E-state index in [9.17, 15) is 4.39 Å². The van der Waals surface area contributed by atoms with E-state index in [-0.39, 0.29) is 11.2 Å². The van der Waals surface area contributed by atoms with Crippen LogP contribution in [-0.2, 0) is 5.41 Å². The van der Waals surface area contributed by atoms with Crippen molar-refractivity contribution in [3.05, 3.63) is 187 Å². The molecular weight excluding hydrogens is 638 g/mol. The summed E-state index contributed by atoms with van der Waals surface area (Å²) in [5, 5.41) is 7.02. The molecular formula is C48H34FN3. The number of nitrogens with zero attached hydrogens (tertiary/aromatic N) is 3. The summed E-state index contributed by atoms with van der Waals surface area (Å²) >= 11 is 0. The number of hydrogen-bond acceptors (Lipinski definition) is 3. The van der Waals surface area contributed by atoms with Crippen molar-refractivity contribution in [2.75, 3.05) is 9.80 Å². The molecule has 8 aromatic carbocycles. The molecule has 248 valence electrons. The third kappa shape index (κ3) is 4.47. The van der Waals surface area contributed by atoms with Crippen LogP contribution < -0.4 is 9.80 Å². The number of anilines is 6. The van der Waals surface area contributed by atoms with Gasteiger partial charge in [0.2, 0.25) is 0 Å². The van der Waals surface area contributed by atoms with Crippen LogP contribution in [0.3, 0.4) is 0 Å². The highest BCUT2D eigenvalue weighted by molar-refractivity contribution is 6.28. The zero-order valence-electron chi connectivity index (χ0n) is 28.9. The van der Waals surface area contributed by atoms with Crippen molar-refractivity contribution in [3.63, 3.8) is 0 Å². The van der Waals surface area contributed by atoms with Gasteiger partial charge in [0.15, 0.2) is 0 Å². The fourth-order valence-corrected chi connectivity index (χ4v) is 8.54. The maximum Gasteiger partial charge on any atom is 0.137 e. The smallest absolute Gasteiger partial charge is 0.137 e. The Balaban J connectivity index is 1.26. The summed E-state index contributed by atoms with van der Waals surface area (Å²) in [5.74, 6) is 0.598. The number of halogens is 1. The minimum atomic E-state index is -0.257. The van der Waals surface area contributed by atoms with E-state index in [0.29, 0.717) is 0 Å². The molecule has 0 amide bonds. The van der Waals surface area contributed by atoms with Crippen LogP contribution in [0.2, 0.25) is 0 Å². The molecule has 0 bridgehead atoms.